The van der Waals surface area contributed by atoms with Crippen LogP contribution in [0.2, 0.25) is 0 Å². The Morgan fingerprint density at radius 3 is 2.39 bits per heavy atom. The van der Waals surface area contributed by atoms with Gasteiger partial charge in [-0.2, -0.15) is 0 Å². The molecule has 0 bridgehead atoms. The zero-order chi connectivity index (χ0) is 20.3. The van der Waals surface area contributed by atoms with Crippen LogP contribution in [0.1, 0.15) is 55.2 Å². The molecule has 0 spiro atoms. The predicted molar refractivity (Wildman–Crippen MR) is 113 cm³/mol. The summed E-state index contributed by atoms with van der Waals surface area (Å²) in [6, 6.07) is 4.58. The highest BCUT2D eigenvalue weighted by Gasteiger charge is 2.35. The van der Waals surface area contributed by atoms with Crippen molar-refractivity contribution in [3.8, 4) is 0 Å². The van der Waals surface area contributed by atoms with Gasteiger partial charge in [0.25, 0.3) is 0 Å². The summed E-state index contributed by atoms with van der Waals surface area (Å²) in [6.07, 6.45) is 7.33. The van der Waals surface area contributed by atoms with E-state index in [-0.39, 0.29) is 18.4 Å². The van der Waals surface area contributed by atoms with Gasteiger partial charge in [0.1, 0.15) is 0 Å². The third-order valence-corrected chi connectivity index (χ3v) is 6.32. The van der Waals surface area contributed by atoms with Crippen molar-refractivity contribution >= 4 is 17.5 Å². The van der Waals surface area contributed by atoms with Gasteiger partial charge in [-0.25, -0.2) is 0 Å². The summed E-state index contributed by atoms with van der Waals surface area (Å²) in [5.74, 6) is 0.793. The summed E-state index contributed by atoms with van der Waals surface area (Å²) in [7, 11) is 1.86. The highest BCUT2D eigenvalue weighted by Crippen LogP contribution is 2.35. The minimum Gasteiger partial charge on any atom is -0.338 e. The normalized spacial score (nSPS) is 22.1. The predicted octanol–water partition coefficient (Wildman–Crippen LogP) is 3.66. The Morgan fingerprint density at radius 2 is 1.68 bits per heavy atom. The lowest BCUT2D eigenvalue weighted by Gasteiger charge is -2.44. The molecule has 2 aliphatic rings. The number of rotatable bonds is 5. The quantitative estimate of drug-likeness (QED) is 0.841. The molecule has 2 atom stereocenters. The van der Waals surface area contributed by atoms with Gasteiger partial charge in [0.2, 0.25) is 11.8 Å². The van der Waals surface area contributed by atoms with Gasteiger partial charge in [0, 0.05) is 18.3 Å². The first kappa shape index (κ1) is 20.8. The van der Waals surface area contributed by atoms with Crippen molar-refractivity contribution in [2.75, 3.05) is 32.0 Å². The number of likely N-dealkylation sites (tertiary alicyclic amines) is 1. The van der Waals surface area contributed by atoms with Gasteiger partial charge in [-0.3, -0.25) is 14.5 Å². The van der Waals surface area contributed by atoms with Gasteiger partial charge < -0.3 is 10.2 Å². The summed E-state index contributed by atoms with van der Waals surface area (Å²) in [6.45, 7) is 7.49. The first-order valence-corrected chi connectivity index (χ1v) is 10.7. The maximum absolute atomic E-state index is 12.9. The molecule has 5 heteroatoms. The fourth-order valence-electron chi connectivity index (χ4n) is 5.11. The van der Waals surface area contributed by atoms with Gasteiger partial charge in [-0.05, 0) is 70.5 Å². The molecule has 2 amide bonds. The SMILES string of the molecule is Cc1cc(C)c(NC(=O)CN(C)CC(=O)N2CCC[C@@H]3CCCC[C@@H]32)c(C)c1. The van der Waals surface area contributed by atoms with E-state index in [4.69, 9.17) is 0 Å². The van der Waals surface area contributed by atoms with Gasteiger partial charge in [0.15, 0.2) is 0 Å². The molecule has 2 fully saturated rings. The van der Waals surface area contributed by atoms with Crippen LogP contribution in [-0.2, 0) is 9.59 Å². The molecule has 5 nitrogen and oxygen atoms in total. The van der Waals surface area contributed by atoms with E-state index >= 15 is 0 Å². The molecule has 1 aromatic carbocycles. The number of likely N-dealkylation sites (N-methyl/N-ethyl adjacent to an activating group) is 1. The van der Waals surface area contributed by atoms with E-state index < -0.39 is 0 Å². The molecule has 1 heterocycles. The Kier molecular flexibility index (Phi) is 6.76. The molecule has 1 N–H and O–H groups in total. The highest BCUT2D eigenvalue weighted by molar-refractivity contribution is 5.94. The number of nitrogens with one attached hydrogen (secondary N) is 1. The van der Waals surface area contributed by atoms with Gasteiger partial charge in [-0.1, -0.05) is 30.5 Å². The van der Waals surface area contributed by atoms with E-state index in [1.807, 2.05) is 25.8 Å². The van der Waals surface area contributed by atoms with Crippen LogP contribution in [0, 0.1) is 26.7 Å². The molecule has 1 saturated carbocycles. The summed E-state index contributed by atoms with van der Waals surface area (Å²) < 4.78 is 0. The summed E-state index contributed by atoms with van der Waals surface area (Å²) in [4.78, 5) is 29.4. The minimum atomic E-state index is -0.0699. The lowest BCUT2D eigenvalue weighted by molar-refractivity contribution is -0.138. The fraction of sp³-hybridized carbons (Fsp3) is 0.652. The van der Waals surface area contributed by atoms with Crippen LogP contribution in [-0.4, -0.2) is 54.3 Å². The van der Waals surface area contributed by atoms with E-state index in [0.29, 0.717) is 18.5 Å². The summed E-state index contributed by atoms with van der Waals surface area (Å²) >= 11 is 0. The number of nitrogens with zero attached hydrogens (tertiary/aromatic N) is 2. The molecule has 28 heavy (non-hydrogen) atoms. The van der Waals surface area contributed by atoms with Crippen molar-refractivity contribution < 1.29 is 9.59 Å². The Balaban J connectivity index is 1.54. The van der Waals surface area contributed by atoms with Crippen LogP contribution < -0.4 is 5.32 Å². The largest absolute Gasteiger partial charge is 0.338 e. The second kappa shape index (κ2) is 9.08. The van der Waals surface area contributed by atoms with E-state index in [1.54, 1.807) is 0 Å². The number of aryl methyl sites for hydroxylation is 3. The number of carbonyl (C=O) groups is 2. The second-order valence-electron chi connectivity index (χ2n) is 8.84. The Labute approximate surface area is 169 Å². The van der Waals surface area contributed by atoms with Crippen molar-refractivity contribution in [1.82, 2.24) is 9.80 Å². The number of benzene rings is 1. The lowest BCUT2D eigenvalue weighted by Crippen LogP contribution is -2.52. The van der Waals surface area contributed by atoms with Gasteiger partial charge in [0.05, 0.1) is 13.1 Å². The van der Waals surface area contributed by atoms with E-state index in [0.717, 1.165) is 36.2 Å². The molecule has 154 valence electrons. The first-order valence-electron chi connectivity index (χ1n) is 10.7. The zero-order valence-corrected chi connectivity index (χ0v) is 17.9. The number of fused-ring (bicyclic) bond motifs is 1. The monoisotopic (exact) mass is 385 g/mol. The first-order chi connectivity index (χ1) is 13.3. The Bertz CT molecular complexity index is 706. The fourth-order valence-corrected chi connectivity index (χ4v) is 5.11. The molecule has 1 aliphatic carbocycles. The average Bonchev–Trinajstić information content (AvgIpc) is 2.64. The summed E-state index contributed by atoms with van der Waals surface area (Å²) in [5, 5.41) is 3.03. The van der Waals surface area contributed by atoms with Crippen LogP contribution in [0.5, 0.6) is 0 Å². The number of hydrogen-bond donors (Lipinski definition) is 1. The van der Waals surface area contributed by atoms with Crippen molar-refractivity contribution in [2.24, 2.45) is 5.92 Å². The summed E-state index contributed by atoms with van der Waals surface area (Å²) in [5.41, 5.74) is 4.22. The maximum Gasteiger partial charge on any atom is 0.238 e. The van der Waals surface area contributed by atoms with Crippen molar-refractivity contribution in [1.29, 1.82) is 0 Å². The molecule has 0 radical (unpaired) electrons. The van der Waals surface area contributed by atoms with E-state index in [2.05, 4.69) is 29.3 Å². The Morgan fingerprint density at radius 1 is 1.04 bits per heavy atom. The lowest BCUT2D eigenvalue weighted by atomic mass is 9.78. The number of anilines is 1. The number of piperidine rings is 1. The average molecular weight is 386 g/mol. The highest BCUT2D eigenvalue weighted by atomic mass is 16.2. The molecule has 1 aliphatic heterocycles. The van der Waals surface area contributed by atoms with Gasteiger partial charge in [-0.15, -0.1) is 0 Å². The van der Waals surface area contributed by atoms with Crippen molar-refractivity contribution in [3.05, 3.63) is 28.8 Å². The molecular weight excluding hydrogens is 350 g/mol. The number of amides is 2. The molecule has 1 saturated heterocycles. The smallest absolute Gasteiger partial charge is 0.238 e. The minimum absolute atomic E-state index is 0.0699. The number of carbonyl (C=O) groups excluding carboxylic acids is 2. The van der Waals surface area contributed by atoms with E-state index in [1.165, 1.54) is 31.2 Å². The molecule has 1 aromatic rings. The van der Waals surface area contributed by atoms with Crippen molar-refractivity contribution in [2.45, 2.75) is 65.3 Å². The second-order valence-corrected chi connectivity index (χ2v) is 8.84. The van der Waals surface area contributed by atoms with Crippen molar-refractivity contribution in [3.63, 3.8) is 0 Å². The Hall–Kier alpha value is -1.88. The van der Waals surface area contributed by atoms with Crippen LogP contribution in [0.25, 0.3) is 0 Å². The molecule has 0 aromatic heterocycles. The van der Waals surface area contributed by atoms with Crippen LogP contribution in [0.15, 0.2) is 12.1 Å². The van der Waals surface area contributed by atoms with Gasteiger partial charge >= 0.3 is 0 Å². The zero-order valence-electron chi connectivity index (χ0n) is 17.9. The van der Waals surface area contributed by atoms with E-state index in [9.17, 15) is 9.59 Å². The number of hydrogen-bond acceptors (Lipinski definition) is 3. The standard InChI is InChI=1S/C23H35N3O2/c1-16-12-17(2)23(18(3)13-16)24-21(27)14-25(4)15-22(28)26-11-7-9-19-8-5-6-10-20(19)26/h12-13,19-20H,5-11,14-15H2,1-4H3,(H,24,27)/t19-,20-/m0/s1. The van der Waals surface area contributed by atoms with Crippen LogP contribution in [0.4, 0.5) is 5.69 Å². The molecule has 3 rings (SSSR count). The molecule has 0 unspecified atom stereocenters. The molecular formula is C23H35N3O2. The maximum atomic E-state index is 12.9. The third-order valence-electron chi connectivity index (χ3n) is 6.32. The van der Waals surface area contributed by atoms with Crippen LogP contribution >= 0.6 is 0 Å². The van der Waals surface area contributed by atoms with Crippen LogP contribution in [0.3, 0.4) is 0 Å². The topological polar surface area (TPSA) is 52.7 Å². The third kappa shape index (κ3) is 4.93.